The molecule has 27 heavy (non-hydrogen) atoms. The third-order valence-corrected chi connectivity index (χ3v) is 4.54. The Morgan fingerprint density at radius 2 is 1.85 bits per heavy atom. The van der Waals surface area contributed by atoms with Crippen molar-refractivity contribution in [1.82, 2.24) is 5.32 Å². The molecule has 3 rings (SSSR count). The van der Waals surface area contributed by atoms with E-state index in [0.29, 0.717) is 25.5 Å². The number of para-hydroxylation sites is 1. The fourth-order valence-electron chi connectivity index (χ4n) is 2.95. The Balaban J connectivity index is 1.46. The highest BCUT2D eigenvalue weighted by Crippen LogP contribution is 2.39. The fourth-order valence-corrected chi connectivity index (χ4v) is 2.95. The van der Waals surface area contributed by atoms with Crippen molar-refractivity contribution in [1.29, 1.82) is 0 Å². The summed E-state index contributed by atoms with van der Waals surface area (Å²) in [5.74, 6) is -2.37. The summed E-state index contributed by atoms with van der Waals surface area (Å²) in [7, 11) is 1.59. The Kier molecular flexibility index (Phi) is 5.69. The van der Waals surface area contributed by atoms with E-state index < -0.39 is 29.4 Å². The number of methoxy groups -OCH3 is 1. The van der Waals surface area contributed by atoms with E-state index in [1.54, 1.807) is 7.11 Å². The molecule has 2 atom stereocenters. The molecule has 2 unspecified atom stereocenters. The lowest BCUT2D eigenvalue weighted by Crippen LogP contribution is -2.29. The monoisotopic (exact) mass is 374 g/mol. The van der Waals surface area contributed by atoms with Gasteiger partial charge in [0.25, 0.3) is 0 Å². The van der Waals surface area contributed by atoms with Crippen molar-refractivity contribution in [3.8, 4) is 5.75 Å². The first kappa shape index (κ1) is 18.8. The van der Waals surface area contributed by atoms with Crippen molar-refractivity contribution >= 4 is 17.5 Å². The zero-order valence-electron chi connectivity index (χ0n) is 14.8. The van der Waals surface area contributed by atoms with Crippen LogP contribution < -0.4 is 15.4 Å². The molecule has 0 radical (unpaired) electrons. The van der Waals surface area contributed by atoms with Crippen LogP contribution in [-0.4, -0.2) is 25.5 Å². The molecule has 0 aromatic heterocycles. The normalized spacial score (nSPS) is 17.9. The van der Waals surface area contributed by atoms with Gasteiger partial charge in [0, 0.05) is 12.6 Å². The Morgan fingerprint density at radius 3 is 2.59 bits per heavy atom. The molecule has 2 aromatic rings. The quantitative estimate of drug-likeness (QED) is 0.783. The average molecular weight is 374 g/mol. The minimum Gasteiger partial charge on any atom is -0.496 e. The lowest BCUT2D eigenvalue weighted by atomic mass is 10.1. The van der Waals surface area contributed by atoms with Crippen LogP contribution in [0.1, 0.15) is 12.0 Å². The van der Waals surface area contributed by atoms with Crippen molar-refractivity contribution in [3.63, 3.8) is 0 Å². The molecule has 0 spiro atoms. The average Bonchev–Trinajstić information content (AvgIpc) is 3.45. The second-order valence-electron chi connectivity index (χ2n) is 6.41. The number of hydrogen-bond donors (Lipinski definition) is 2. The molecule has 2 aromatic carbocycles. The number of hydrogen-bond acceptors (Lipinski definition) is 3. The lowest BCUT2D eigenvalue weighted by molar-refractivity contribution is -0.125. The number of halogens is 2. The zero-order valence-corrected chi connectivity index (χ0v) is 14.8. The molecule has 1 aliphatic rings. The Hall–Kier alpha value is -2.96. The summed E-state index contributed by atoms with van der Waals surface area (Å²) < 4.78 is 31.8. The van der Waals surface area contributed by atoms with Gasteiger partial charge in [-0.2, -0.15) is 0 Å². The second kappa shape index (κ2) is 8.16. The lowest BCUT2D eigenvalue weighted by Gasteiger charge is -2.09. The summed E-state index contributed by atoms with van der Waals surface area (Å²) in [5.41, 5.74) is 0.890. The van der Waals surface area contributed by atoms with Crippen LogP contribution in [0.2, 0.25) is 0 Å². The molecule has 142 valence electrons. The Labute approximate surface area is 155 Å². The van der Waals surface area contributed by atoms with Crippen LogP contribution in [0.3, 0.4) is 0 Å². The molecule has 1 aliphatic carbocycles. The molecule has 0 aliphatic heterocycles. The first-order chi connectivity index (χ1) is 13.0. The first-order valence-corrected chi connectivity index (χ1v) is 8.65. The van der Waals surface area contributed by atoms with Gasteiger partial charge >= 0.3 is 0 Å². The number of amides is 2. The summed E-state index contributed by atoms with van der Waals surface area (Å²) in [6.45, 7) is 0.427. The maximum absolute atomic E-state index is 13.6. The molecule has 1 fully saturated rings. The molecular weight excluding hydrogens is 354 g/mol. The van der Waals surface area contributed by atoms with Crippen molar-refractivity contribution < 1.29 is 23.1 Å². The highest BCUT2D eigenvalue weighted by atomic mass is 19.1. The second-order valence-corrected chi connectivity index (χ2v) is 6.41. The summed E-state index contributed by atoms with van der Waals surface area (Å²) in [5, 5.41) is 5.22. The third kappa shape index (κ3) is 4.61. The van der Waals surface area contributed by atoms with Crippen molar-refractivity contribution in [3.05, 3.63) is 59.7 Å². The predicted octanol–water partition coefficient (Wildman–Crippen LogP) is 2.91. The third-order valence-electron chi connectivity index (χ3n) is 4.54. The smallest absolute Gasteiger partial charge is 0.228 e. The minimum absolute atomic E-state index is 0.0939. The maximum Gasteiger partial charge on any atom is 0.228 e. The van der Waals surface area contributed by atoms with E-state index in [9.17, 15) is 18.4 Å². The van der Waals surface area contributed by atoms with Gasteiger partial charge in [-0.25, -0.2) is 8.78 Å². The van der Waals surface area contributed by atoms with E-state index in [-0.39, 0.29) is 11.6 Å². The minimum atomic E-state index is -0.846. The standard InChI is InChI=1S/C20H20F2N2O3/c1-27-18-5-3-2-4-12(18)8-9-23-19(25)14-11-15(14)20(26)24-17-7-6-13(21)10-16(17)22/h2-7,10,14-15H,8-9,11H2,1H3,(H,23,25)(H,24,26). The van der Waals surface area contributed by atoms with Crippen LogP contribution in [0.5, 0.6) is 5.75 Å². The first-order valence-electron chi connectivity index (χ1n) is 8.65. The Bertz CT molecular complexity index is 857. The van der Waals surface area contributed by atoms with Crippen LogP contribution >= 0.6 is 0 Å². The van der Waals surface area contributed by atoms with E-state index in [1.807, 2.05) is 24.3 Å². The topological polar surface area (TPSA) is 67.4 Å². The zero-order chi connectivity index (χ0) is 19.4. The highest BCUT2D eigenvalue weighted by molar-refractivity contribution is 5.99. The van der Waals surface area contributed by atoms with Crippen LogP contribution in [0.15, 0.2) is 42.5 Å². The van der Waals surface area contributed by atoms with Gasteiger partial charge in [-0.15, -0.1) is 0 Å². The number of ether oxygens (including phenoxy) is 1. The fraction of sp³-hybridized carbons (Fsp3) is 0.300. The molecule has 0 bridgehead atoms. The van der Waals surface area contributed by atoms with Crippen LogP contribution in [0.4, 0.5) is 14.5 Å². The van der Waals surface area contributed by atoms with Gasteiger partial charge in [0.05, 0.1) is 24.6 Å². The number of benzene rings is 2. The molecule has 0 saturated heterocycles. The number of rotatable bonds is 7. The van der Waals surface area contributed by atoms with Crippen molar-refractivity contribution in [2.45, 2.75) is 12.8 Å². The van der Waals surface area contributed by atoms with Crippen molar-refractivity contribution in [2.75, 3.05) is 19.0 Å². The number of carbonyl (C=O) groups excluding carboxylic acids is 2. The van der Waals surface area contributed by atoms with E-state index in [2.05, 4.69) is 10.6 Å². The summed E-state index contributed by atoms with van der Waals surface area (Å²) in [4.78, 5) is 24.3. The van der Waals surface area contributed by atoms with Crippen LogP contribution in [-0.2, 0) is 16.0 Å². The van der Waals surface area contributed by atoms with Crippen LogP contribution in [0, 0.1) is 23.5 Å². The molecule has 5 nitrogen and oxygen atoms in total. The van der Waals surface area contributed by atoms with Gasteiger partial charge in [0.2, 0.25) is 11.8 Å². The largest absolute Gasteiger partial charge is 0.496 e. The summed E-state index contributed by atoms with van der Waals surface area (Å²) in [6, 6.07) is 10.5. The molecule has 2 amide bonds. The van der Waals surface area contributed by atoms with Crippen LogP contribution in [0.25, 0.3) is 0 Å². The van der Waals surface area contributed by atoms with E-state index >= 15 is 0 Å². The van der Waals surface area contributed by atoms with Crippen molar-refractivity contribution in [2.24, 2.45) is 11.8 Å². The maximum atomic E-state index is 13.6. The number of carbonyl (C=O) groups is 2. The molecule has 7 heteroatoms. The number of nitrogens with one attached hydrogen (secondary N) is 2. The highest BCUT2D eigenvalue weighted by Gasteiger charge is 2.48. The van der Waals surface area contributed by atoms with Gasteiger partial charge in [-0.3, -0.25) is 9.59 Å². The Morgan fingerprint density at radius 1 is 1.11 bits per heavy atom. The van der Waals surface area contributed by atoms with Gasteiger partial charge in [-0.05, 0) is 36.6 Å². The molecule has 1 saturated carbocycles. The summed E-state index contributed by atoms with van der Waals surface area (Å²) >= 11 is 0. The molecule has 0 heterocycles. The van der Waals surface area contributed by atoms with E-state index in [1.165, 1.54) is 0 Å². The predicted molar refractivity (Wildman–Crippen MR) is 96.3 cm³/mol. The van der Waals surface area contributed by atoms with E-state index in [0.717, 1.165) is 23.4 Å². The van der Waals surface area contributed by atoms with Gasteiger partial charge in [0.1, 0.15) is 17.4 Å². The SMILES string of the molecule is COc1ccccc1CCNC(=O)C1CC1C(=O)Nc1ccc(F)cc1F. The van der Waals surface area contributed by atoms with Gasteiger partial charge < -0.3 is 15.4 Å². The van der Waals surface area contributed by atoms with Gasteiger partial charge in [0.15, 0.2) is 0 Å². The summed E-state index contributed by atoms with van der Waals surface area (Å²) in [6.07, 6.45) is 1.02. The van der Waals surface area contributed by atoms with Gasteiger partial charge in [-0.1, -0.05) is 18.2 Å². The molecular formula is C20H20F2N2O3. The number of anilines is 1. The molecule has 2 N–H and O–H groups in total. The van der Waals surface area contributed by atoms with E-state index in [4.69, 9.17) is 4.74 Å².